The number of rotatable bonds is 9. The molecule has 0 bridgehead atoms. The number of ether oxygens (including phenoxy) is 2. The summed E-state index contributed by atoms with van der Waals surface area (Å²) in [5.41, 5.74) is 0.816. The van der Waals surface area contributed by atoms with E-state index >= 15 is 0 Å². The van der Waals surface area contributed by atoms with E-state index in [-0.39, 0.29) is 37.1 Å². The highest BCUT2D eigenvalue weighted by atomic mass is 16.5. The second-order valence-corrected chi connectivity index (χ2v) is 11.0. The first kappa shape index (κ1) is 29.7. The summed E-state index contributed by atoms with van der Waals surface area (Å²) in [5, 5.41) is 12.4. The summed E-state index contributed by atoms with van der Waals surface area (Å²) in [7, 11) is 4.99. The van der Waals surface area contributed by atoms with Crippen molar-refractivity contribution < 1.29 is 23.9 Å². The molecule has 2 aliphatic rings. The molecule has 0 aliphatic carbocycles. The van der Waals surface area contributed by atoms with Crippen molar-refractivity contribution in [1.82, 2.24) is 20.9 Å². The summed E-state index contributed by atoms with van der Waals surface area (Å²) in [5.74, 6) is -2.00. The fraction of sp³-hybridized carbons (Fsp3) is 0.667. The fourth-order valence-electron chi connectivity index (χ4n) is 4.89. The van der Waals surface area contributed by atoms with Gasteiger partial charge < -0.3 is 25.0 Å². The Morgan fingerprint density at radius 3 is 2.45 bits per heavy atom. The Kier molecular flexibility index (Phi) is 9.27. The number of nitrogens with one attached hydrogen (secondary N) is 4. The number of hydrogen-bond donors (Lipinski definition) is 4. The third kappa shape index (κ3) is 5.89. The Bertz CT molecular complexity index is 1030. The molecule has 2 heterocycles. The lowest BCUT2D eigenvalue weighted by Gasteiger charge is -2.42. The molecule has 2 amide bonds. The number of amides is 2. The number of benzene rings is 1. The van der Waals surface area contributed by atoms with Gasteiger partial charge in [0.2, 0.25) is 0 Å². The average Bonchev–Trinajstić information content (AvgIpc) is 2.88. The van der Waals surface area contributed by atoms with E-state index in [0.29, 0.717) is 22.7 Å². The molecular weight excluding hydrogens is 488 g/mol. The highest BCUT2D eigenvalue weighted by molar-refractivity contribution is 6.07. The van der Waals surface area contributed by atoms with Crippen molar-refractivity contribution >= 4 is 29.2 Å². The molecule has 11 nitrogen and oxygen atoms in total. The summed E-state index contributed by atoms with van der Waals surface area (Å²) in [6.45, 7) is 11.1. The smallest absolute Gasteiger partial charge is 0.311 e. The van der Waals surface area contributed by atoms with Crippen molar-refractivity contribution in [1.29, 1.82) is 0 Å². The van der Waals surface area contributed by atoms with E-state index in [0.717, 1.165) is 25.9 Å². The molecule has 0 radical (unpaired) electrons. The molecule has 1 unspecified atom stereocenters. The van der Waals surface area contributed by atoms with E-state index in [1.165, 1.54) is 4.90 Å². The van der Waals surface area contributed by atoms with Crippen molar-refractivity contribution in [2.45, 2.75) is 65.4 Å². The molecule has 0 aromatic heterocycles. The molecular formula is C27H44N6O5. The van der Waals surface area contributed by atoms with Crippen LogP contribution in [0.5, 0.6) is 5.75 Å². The van der Waals surface area contributed by atoms with Gasteiger partial charge in [-0.15, -0.1) is 0 Å². The molecule has 0 spiro atoms. The van der Waals surface area contributed by atoms with Gasteiger partial charge in [0, 0.05) is 31.7 Å². The van der Waals surface area contributed by atoms with Crippen molar-refractivity contribution in [3.05, 3.63) is 17.7 Å². The molecule has 212 valence electrons. The molecule has 1 aromatic rings. The highest BCUT2D eigenvalue weighted by Gasteiger charge is 2.47. The zero-order valence-corrected chi connectivity index (χ0v) is 24.0. The predicted molar refractivity (Wildman–Crippen MR) is 147 cm³/mol. The predicted octanol–water partition coefficient (Wildman–Crippen LogP) is 1.74. The maximum atomic E-state index is 14.0. The van der Waals surface area contributed by atoms with Gasteiger partial charge in [0.1, 0.15) is 12.4 Å². The van der Waals surface area contributed by atoms with E-state index in [2.05, 4.69) is 21.3 Å². The number of anilines is 2. The quantitative estimate of drug-likeness (QED) is 0.278. The molecule has 38 heavy (non-hydrogen) atoms. The van der Waals surface area contributed by atoms with Crippen LogP contribution in [0.2, 0.25) is 0 Å². The zero-order chi connectivity index (χ0) is 28.3. The van der Waals surface area contributed by atoms with E-state index in [1.807, 2.05) is 18.7 Å². The lowest BCUT2D eigenvalue weighted by atomic mass is 9.97. The maximum Gasteiger partial charge on any atom is 0.311 e. The summed E-state index contributed by atoms with van der Waals surface area (Å²) in [6, 6.07) is 3.50. The molecule has 1 atom stereocenters. The molecule has 1 fully saturated rings. The minimum Gasteiger partial charge on any atom is -0.463 e. The number of carbonyl (C=O) groups excluding carboxylic acids is 3. The molecule has 11 heteroatoms. The minimum atomic E-state index is -1.52. The lowest BCUT2D eigenvalue weighted by molar-refractivity contribution is -0.153. The van der Waals surface area contributed by atoms with E-state index in [4.69, 9.17) is 9.47 Å². The monoisotopic (exact) mass is 532 g/mol. The first-order valence-corrected chi connectivity index (χ1v) is 13.3. The molecule has 0 saturated carbocycles. The lowest BCUT2D eigenvalue weighted by Crippen LogP contribution is -2.70. The summed E-state index contributed by atoms with van der Waals surface area (Å²) in [4.78, 5) is 43.5. The second kappa shape index (κ2) is 11.9. The second-order valence-electron chi connectivity index (χ2n) is 11.0. The van der Waals surface area contributed by atoms with E-state index in [9.17, 15) is 14.4 Å². The van der Waals surface area contributed by atoms with Crippen molar-refractivity contribution in [3.8, 4) is 5.75 Å². The number of nitrogens with zero attached hydrogens (tertiary/aromatic N) is 2. The fourth-order valence-corrected chi connectivity index (χ4v) is 4.89. The third-order valence-electron chi connectivity index (χ3n) is 7.02. The number of fused-ring (bicyclic) bond motifs is 1. The molecule has 1 aromatic carbocycles. The largest absolute Gasteiger partial charge is 0.463 e. The summed E-state index contributed by atoms with van der Waals surface area (Å²) < 4.78 is 11.6. The highest BCUT2D eigenvalue weighted by Crippen LogP contribution is 2.41. The van der Waals surface area contributed by atoms with Gasteiger partial charge in [-0.2, -0.15) is 0 Å². The zero-order valence-electron chi connectivity index (χ0n) is 24.0. The Morgan fingerprint density at radius 2 is 1.92 bits per heavy atom. The van der Waals surface area contributed by atoms with E-state index in [1.54, 1.807) is 54.0 Å². The van der Waals surface area contributed by atoms with Crippen LogP contribution in [0.25, 0.3) is 0 Å². The van der Waals surface area contributed by atoms with Gasteiger partial charge in [-0.05, 0) is 74.2 Å². The normalized spacial score (nSPS) is 19.0. The van der Waals surface area contributed by atoms with Gasteiger partial charge >= 0.3 is 11.9 Å². The van der Waals surface area contributed by atoms with Crippen LogP contribution in [0.15, 0.2) is 12.1 Å². The Morgan fingerprint density at radius 1 is 1.24 bits per heavy atom. The van der Waals surface area contributed by atoms with Crippen LogP contribution < -0.4 is 30.9 Å². The molecule has 3 rings (SSSR count). The van der Waals surface area contributed by atoms with Crippen LogP contribution in [0.3, 0.4) is 0 Å². The van der Waals surface area contributed by atoms with Crippen molar-refractivity contribution in [2.75, 3.05) is 57.6 Å². The summed E-state index contributed by atoms with van der Waals surface area (Å²) in [6.07, 6.45) is 1.93. The minimum absolute atomic E-state index is 0.00624. The van der Waals surface area contributed by atoms with Crippen molar-refractivity contribution in [3.63, 3.8) is 0 Å². The number of carbonyl (C=O) groups is 3. The third-order valence-corrected chi connectivity index (χ3v) is 7.02. The topological polar surface area (TPSA) is 124 Å². The van der Waals surface area contributed by atoms with Crippen LogP contribution in [0.4, 0.5) is 11.4 Å². The Hall–Kier alpha value is -2.89. The Labute approximate surface area is 226 Å². The first-order chi connectivity index (χ1) is 17.9. The first-order valence-electron chi connectivity index (χ1n) is 13.3. The number of piperidine rings is 1. The van der Waals surface area contributed by atoms with Gasteiger partial charge in [0.25, 0.3) is 11.8 Å². The average molecular weight is 533 g/mol. The van der Waals surface area contributed by atoms with Crippen LogP contribution in [-0.2, 0) is 14.3 Å². The molecule has 4 N–H and O–H groups in total. The van der Waals surface area contributed by atoms with Crippen LogP contribution in [0, 0.1) is 5.41 Å². The molecule has 2 aliphatic heterocycles. The van der Waals surface area contributed by atoms with Gasteiger partial charge in [-0.25, -0.2) is 0 Å². The van der Waals surface area contributed by atoms with Gasteiger partial charge in [-0.3, -0.25) is 29.9 Å². The van der Waals surface area contributed by atoms with Crippen LogP contribution >= 0.6 is 0 Å². The SMILES string of the molecule is CNc1cc2c(cc1C(=O)N(C(C)C)C1CCCNC1)N(CCOC(=O)C(C)(C)C)C(=O)C(NC)(NC)O2. The number of likely N-dealkylation sites (N-methyl/N-ethyl adjacent to an activating group) is 2. The van der Waals surface area contributed by atoms with E-state index < -0.39 is 17.2 Å². The number of hydrogen-bond acceptors (Lipinski definition) is 9. The number of esters is 1. The summed E-state index contributed by atoms with van der Waals surface area (Å²) >= 11 is 0. The van der Waals surface area contributed by atoms with Crippen LogP contribution in [0.1, 0.15) is 57.8 Å². The van der Waals surface area contributed by atoms with Crippen molar-refractivity contribution in [2.24, 2.45) is 5.41 Å². The Balaban J connectivity index is 2.04. The van der Waals surface area contributed by atoms with Crippen LogP contribution in [-0.4, -0.2) is 88.0 Å². The molecule has 1 saturated heterocycles. The van der Waals surface area contributed by atoms with Gasteiger partial charge in [0.05, 0.1) is 28.9 Å². The standard InChI is InChI=1S/C27H44N6O5/c1-17(2)33(18-10-9-11-31-16-18)23(34)19-14-21-22(15-20(19)28-6)38-27(29-7,30-8)24(35)32(21)12-13-37-25(36)26(3,4)5/h14-15,17-18,28-31H,9-13,16H2,1-8H3. The maximum absolute atomic E-state index is 14.0. The van der Waals surface area contributed by atoms with Gasteiger partial charge in [0.15, 0.2) is 0 Å². The van der Waals surface area contributed by atoms with Gasteiger partial charge in [-0.1, -0.05) is 0 Å².